The molecule has 6 rings (SSSR count). The molecule has 7 nitrogen and oxygen atoms in total. The molecule has 3 atom stereocenters. The van der Waals surface area contributed by atoms with Gasteiger partial charge in [0.25, 0.3) is 5.56 Å². The topological polar surface area (TPSA) is 89.0 Å². The van der Waals surface area contributed by atoms with Gasteiger partial charge in [-0.2, -0.15) is 0 Å². The van der Waals surface area contributed by atoms with Gasteiger partial charge in [-0.3, -0.25) is 14.3 Å². The number of aromatic nitrogens is 3. The first kappa shape index (κ1) is 24.7. The van der Waals surface area contributed by atoms with E-state index in [2.05, 4.69) is 27.4 Å². The maximum Gasteiger partial charge on any atom is 0.328 e. The number of pyridine rings is 1. The number of thiophene rings is 1. The quantitative estimate of drug-likeness (QED) is 0.426. The Labute approximate surface area is 212 Å². The predicted molar refractivity (Wildman–Crippen MR) is 140 cm³/mol. The number of H-pyrrole nitrogens is 1. The lowest BCUT2D eigenvalue weighted by Crippen LogP contribution is -2.37. The lowest BCUT2D eigenvalue weighted by atomic mass is 9.73. The molecule has 180 valence electrons. The highest BCUT2D eigenvalue weighted by atomic mass is 35.5. The van der Waals surface area contributed by atoms with E-state index in [1.54, 1.807) is 19.5 Å². The van der Waals surface area contributed by atoms with Crippen LogP contribution in [0.5, 0.6) is 5.75 Å². The minimum Gasteiger partial charge on any atom is -0.496 e. The van der Waals surface area contributed by atoms with Crippen molar-refractivity contribution in [2.45, 2.75) is 37.8 Å². The van der Waals surface area contributed by atoms with E-state index in [4.69, 9.17) is 4.74 Å². The van der Waals surface area contributed by atoms with E-state index in [0.29, 0.717) is 28.6 Å². The molecule has 0 radical (unpaired) electrons. The van der Waals surface area contributed by atoms with Crippen molar-refractivity contribution < 1.29 is 4.74 Å². The van der Waals surface area contributed by atoms with Gasteiger partial charge < -0.3 is 15.0 Å². The van der Waals surface area contributed by atoms with E-state index in [0.717, 1.165) is 41.6 Å². The summed E-state index contributed by atoms with van der Waals surface area (Å²) in [5.41, 5.74) is 2.68. The van der Waals surface area contributed by atoms with Gasteiger partial charge >= 0.3 is 5.69 Å². The Hall–Kier alpha value is -2.39. The molecule has 0 amide bonds. The van der Waals surface area contributed by atoms with Crippen LogP contribution in [0.25, 0.3) is 20.3 Å². The van der Waals surface area contributed by atoms with Crippen LogP contribution >= 0.6 is 36.2 Å². The van der Waals surface area contributed by atoms with Gasteiger partial charge in [-0.15, -0.1) is 36.2 Å². The molecular weight excluding hydrogens is 495 g/mol. The number of hydrogen-bond acceptors (Lipinski definition) is 6. The van der Waals surface area contributed by atoms with E-state index in [-0.39, 0.29) is 42.1 Å². The predicted octanol–water partition coefficient (Wildman–Crippen LogP) is 3.86. The first-order chi connectivity index (χ1) is 15.7. The molecule has 1 fully saturated rings. The molecule has 1 aliphatic heterocycles. The van der Waals surface area contributed by atoms with Crippen molar-refractivity contribution in [3.63, 3.8) is 0 Å². The number of hydrogen-bond donors (Lipinski definition) is 2. The molecule has 0 bridgehead atoms. The minimum absolute atomic E-state index is 0. The first-order valence-electron chi connectivity index (χ1n) is 11.0. The van der Waals surface area contributed by atoms with Gasteiger partial charge in [0.05, 0.1) is 12.6 Å². The second-order valence-electron chi connectivity index (χ2n) is 8.72. The summed E-state index contributed by atoms with van der Waals surface area (Å²) >= 11 is 1.41. The fraction of sp³-hybridized carbons (Fsp3) is 0.375. The lowest BCUT2D eigenvalue weighted by molar-refractivity contribution is 0.371. The van der Waals surface area contributed by atoms with Crippen molar-refractivity contribution in [1.82, 2.24) is 19.9 Å². The molecule has 0 saturated carbocycles. The standard InChI is InChI=1S/C24H24N4O3S.2ClH/c1-31-18-4-2-3-15-14(18)6-5-13-11-26-17(20(13)15)8-10-28-23(29)22-21(27-24(28)30)16-12-25-9-7-19(16)32-22;;/h2-4,7,9,12-13,17,20,26H,5-6,8,10-11H2,1H3,(H,27,30);2*1H/t13-,17?,20+;;/m0../s1. The Kier molecular flexibility index (Phi) is 7.05. The van der Waals surface area contributed by atoms with Crippen LogP contribution in [-0.2, 0) is 13.0 Å². The van der Waals surface area contributed by atoms with Crippen LogP contribution in [0.2, 0.25) is 0 Å². The summed E-state index contributed by atoms with van der Waals surface area (Å²) in [6.45, 7) is 1.36. The number of aromatic amines is 1. The number of rotatable bonds is 4. The Balaban J connectivity index is 0.00000137. The summed E-state index contributed by atoms with van der Waals surface area (Å²) in [7, 11) is 1.73. The maximum absolute atomic E-state index is 13.2. The smallest absolute Gasteiger partial charge is 0.328 e. The third-order valence-corrected chi connectivity index (χ3v) is 8.33. The number of halogens is 2. The summed E-state index contributed by atoms with van der Waals surface area (Å²) in [5.74, 6) is 1.92. The number of benzene rings is 1. The Morgan fingerprint density at radius 2 is 2.09 bits per heavy atom. The molecule has 4 aromatic rings. The highest BCUT2D eigenvalue weighted by Gasteiger charge is 2.40. The Morgan fingerprint density at radius 3 is 2.91 bits per heavy atom. The molecule has 2 aliphatic rings. The van der Waals surface area contributed by atoms with Gasteiger partial charge in [0.1, 0.15) is 10.4 Å². The third kappa shape index (κ3) is 3.82. The number of fused-ring (bicyclic) bond motifs is 6. The van der Waals surface area contributed by atoms with Crippen LogP contribution in [-0.4, -0.2) is 34.2 Å². The van der Waals surface area contributed by atoms with Gasteiger partial charge in [0, 0.05) is 41.0 Å². The second-order valence-corrected chi connectivity index (χ2v) is 9.77. The molecule has 0 spiro atoms. The molecule has 10 heteroatoms. The normalized spacial score (nSPS) is 20.9. The maximum atomic E-state index is 13.2. The highest BCUT2D eigenvalue weighted by Crippen LogP contribution is 2.45. The first-order valence-corrected chi connectivity index (χ1v) is 11.9. The molecule has 1 unspecified atom stereocenters. The van der Waals surface area contributed by atoms with Gasteiger partial charge in [0.15, 0.2) is 0 Å². The monoisotopic (exact) mass is 520 g/mol. The van der Waals surface area contributed by atoms with Crippen LogP contribution in [0, 0.1) is 5.92 Å². The van der Waals surface area contributed by atoms with E-state index in [1.807, 2.05) is 12.1 Å². The average Bonchev–Trinajstić information content (AvgIpc) is 3.40. The van der Waals surface area contributed by atoms with Crippen LogP contribution in [0.3, 0.4) is 0 Å². The van der Waals surface area contributed by atoms with Crippen molar-refractivity contribution >= 4 is 56.5 Å². The van der Waals surface area contributed by atoms with Gasteiger partial charge in [0.2, 0.25) is 0 Å². The molecule has 2 N–H and O–H groups in total. The number of nitrogens with zero attached hydrogens (tertiary/aromatic N) is 2. The molecule has 1 aliphatic carbocycles. The van der Waals surface area contributed by atoms with Crippen molar-refractivity contribution in [1.29, 1.82) is 0 Å². The third-order valence-electron chi connectivity index (χ3n) is 7.17. The molecular formula is C24H26Cl2N4O3S. The minimum atomic E-state index is -0.355. The summed E-state index contributed by atoms with van der Waals surface area (Å²) in [4.78, 5) is 33.1. The summed E-state index contributed by atoms with van der Waals surface area (Å²) in [5, 5.41) is 4.49. The van der Waals surface area contributed by atoms with Crippen molar-refractivity contribution in [2.24, 2.45) is 5.92 Å². The Bertz CT molecular complexity index is 1460. The fourth-order valence-electron chi connectivity index (χ4n) is 5.68. The zero-order valence-corrected chi connectivity index (χ0v) is 21.0. The summed E-state index contributed by atoms with van der Waals surface area (Å²) < 4.78 is 8.50. The summed E-state index contributed by atoms with van der Waals surface area (Å²) in [6.07, 6.45) is 6.28. The van der Waals surface area contributed by atoms with E-state index in [1.165, 1.54) is 27.0 Å². The molecule has 4 heterocycles. The zero-order chi connectivity index (χ0) is 21.8. The second kappa shape index (κ2) is 9.70. The van der Waals surface area contributed by atoms with Crippen molar-refractivity contribution in [3.05, 3.63) is 68.6 Å². The van der Waals surface area contributed by atoms with E-state index >= 15 is 0 Å². The summed E-state index contributed by atoms with van der Waals surface area (Å²) in [6, 6.07) is 8.41. The molecule has 1 aromatic carbocycles. The zero-order valence-electron chi connectivity index (χ0n) is 18.6. The van der Waals surface area contributed by atoms with Gasteiger partial charge in [-0.1, -0.05) is 12.1 Å². The lowest BCUT2D eigenvalue weighted by Gasteiger charge is -2.32. The highest BCUT2D eigenvalue weighted by molar-refractivity contribution is 7.25. The van der Waals surface area contributed by atoms with Gasteiger partial charge in [-0.05, 0) is 55.0 Å². The fourth-order valence-corrected chi connectivity index (χ4v) is 6.75. The van der Waals surface area contributed by atoms with Gasteiger partial charge in [-0.25, -0.2) is 4.79 Å². The van der Waals surface area contributed by atoms with Crippen molar-refractivity contribution in [2.75, 3.05) is 13.7 Å². The number of ether oxygens (including phenoxy) is 1. The van der Waals surface area contributed by atoms with Crippen LogP contribution in [0.15, 0.2) is 46.2 Å². The van der Waals surface area contributed by atoms with Crippen LogP contribution in [0.1, 0.15) is 29.9 Å². The SMILES string of the molecule is COc1cccc2c1CC[C@H]1CNC(CCn3c(=O)[nH]c4c(sc5ccncc54)c3=O)[C@@H]21.Cl.Cl. The van der Waals surface area contributed by atoms with E-state index < -0.39 is 0 Å². The van der Waals surface area contributed by atoms with Crippen molar-refractivity contribution in [3.8, 4) is 5.75 Å². The van der Waals surface area contributed by atoms with E-state index in [9.17, 15) is 9.59 Å². The Morgan fingerprint density at radius 1 is 1.24 bits per heavy atom. The largest absolute Gasteiger partial charge is 0.496 e. The number of methoxy groups -OCH3 is 1. The average molecular weight is 521 g/mol. The molecule has 34 heavy (non-hydrogen) atoms. The number of nitrogens with one attached hydrogen (secondary N) is 2. The van der Waals surface area contributed by atoms with Crippen LogP contribution < -0.4 is 21.3 Å². The van der Waals surface area contributed by atoms with Crippen LogP contribution in [0.4, 0.5) is 0 Å². The molecule has 1 saturated heterocycles. The molecule has 3 aromatic heterocycles.